The van der Waals surface area contributed by atoms with Crippen molar-refractivity contribution in [1.82, 2.24) is 0 Å². The van der Waals surface area contributed by atoms with Gasteiger partial charge in [0, 0.05) is 33.5 Å². The summed E-state index contributed by atoms with van der Waals surface area (Å²) >= 11 is 0. The highest BCUT2D eigenvalue weighted by atomic mass is 15.2. The lowest BCUT2D eigenvalue weighted by molar-refractivity contribution is 0.726. The van der Waals surface area contributed by atoms with Gasteiger partial charge < -0.3 is 9.80 Å². The highest BCUT2D eigenvalue weighted by Crippen LogP contribution is 2.59. The van der Waals surface area contributed by atoms with Crippen LogP contribution in [0.25, 0.3) is 54.6 Å². The number of anilines is 5. The number of benzene rings is 13. The molecule has 0 spiro atoms. The van der Waals surface area contributed by atoms with Crippen LogP contribution in [0.5, 0.6) is 0 Å². The van der Waals surface area contributed by atoms with Crippen molar-refractivity contribution >= 4 is 60.8 Å². The monoisotopic (exact) mass is 1050 g/mol. The van der Waals surface area contributed by atoms with E-state index in [0.717, 1.165) is 34.9 Å². The largest absolute Gasteiger partial charge is 0.310 e. The number of rotatable bonds is 10. The van der Waals surface area contributed by atoms with Crippen molar-refractivity contribution in [1.29, 1.82) is 0 Å². The third-order valence-corrected chi connectivity index (χ3v) is 18.3. The van der Waals surface area contributed by atoms with E-state index in [1.807, 2.05) is 0 Å². The van der Waals surface area contributed by atoms with Crippen LogP contribution in [-0.4, -0.2) is 0 Å². The Balaban J connectivity index is 0.906. The molecule has 0 radical (unpaired) electrons. The standard InChI is InChI=1S/C80H58N2/c1-53-21-17-29-61(49-53)81(63-31-19-27-59(51-63)79(57-23-5-3-6-24-57)71-37-13-9-33-65(71)66-34-10-14-38-72(66)79)75-47-43-55-42-46-70-76(48-44-56-41-45-69(75)77(55)78(56)70)82(62-30-18-22-54(2)50-62)64-32-20-28-60(52-64)80(58-25-7-4-8-26-58)73-39-15-11-35-67(73)68-36-12-16-40-74(68)80/h3-21,23-52,54H,22H2,1-2H3. The van der Waals surface area contributed by atoms with Crippen molar-refractivity contribution in [2.45, 2.75) is 31.1 Å². The number of aryl methyl sites for hydroxylation is 1. The van der Waals surface area contributed by atoms with Crippen LogP contribution in [-0.2, 0) is 10.8 Å². The minimum Gasteiger partial charge on any atom is -0.310 e. The van der Waals surface area contributed by atoms with Crippen LogP contribution in [0.3, 0.4) is 0 Å². The number of hydrogen-bond donors (Lipinski definition) is 0. The average molecular weight is 1050 g/mol. The Labute approximate surface area is 480 Å². The van der Waals surface area contributed by atoms with Gasteiger partial charge >= 0.3 is 0 Å². The molecule has 0 heterocycles. The summed E-state index contributed by atoms with van der Waals surface area (Å²) < 4.78 is 0. The minimum absolute atomic E-state index is 0.379. The molecule has 2 heteroatoms. The van der Waals surface area contributed by atoms with E-state index < -0.39 is 10.8 Å². The quantitative estimate of drug-likeness (QED) is 0.126. The Hall–Kier alpha value is -10.0. The molecule has 0 aromatic heterocycles. The van der Waals surface area contributed by atoms with Crippen LogP contribution in [0, 0.1) is 12.8 Å². The molecule has 0 aliphatic heterocycles. The highest BCUT2D eigenvalue weighted by Gasteiger charge is 2.48. The third kappa shape index (κ3) is 7.01. The van der Waals surface area contributed by atoms with Crippen molar-refractivity contribution in [3.8, 4) is 22.3 Å². The zero-order valence-corrected chi connectivity index (χ0v) is 46.0. The normalized spacial score (nSPS) is 15.2. The number of allylic oxidation sites excluding steroid dienone is 3. The van der Waals surface area contributed by atoms with Crippen molar-refractivity contribution < 1.29 is 0 Å². The average Bonchev–Trinajstić information content (AvgIpc) is 2.05. The summed E-state index contributed by atoms with van der Waals surface area (Å²) in [6, 6.07) is 105. The predicted octanol–water partition coefficient (Wildman–Crippen LogP) is 20.7. The van der Waals surface area contributed by atoms with Gasteiger partial charge in [0.15, 0.2) is 0 Å². The van der Waals surface area contributed by atoms with Gasteiger partial charge in [0.05, 0.1) is 22.2 Å². The molecular weight excluding hydrogens is 989 g/mol. The van der Waals surface area contributed by atoms with Crippen LogP contribution in [0.4, 0.5) is 28.4 Å². The summed E-state index contributed by atoms with van der Waals surface area (Å²) in [5, 5.41) is 7.39. The second kappa shape index (κ2) is 18.8. The predicted molar refractivity (Wildman–Crippen MR) is 344 cm³/mol. The van der Waals surface area contributed by atoms with Crippen molar-refractivity contribution in [3.63, 3.8) is 0 Å². The van der Waals surface area contributed by atoms with E-state index in [-0.39, 0.29) is 0 Å². The summed E-state index contributed by atoms with van der Waals surface area (Å²) in [7, 11) is 0. The second-order valence-electron chi connectivity index (χ2n) is 22.8. The summed E-state index contributed by atoms with van der Waals surface area (Å²) in [6.07, 6.45) is 8.18. The highest BCUT2D eigenvalue weighted by molar-refractivity contribution is 6.28. The van der Waals surface area contributed by atoms with E-state index in [9.17, 15) is 0 Å². The van der Waals surface area contributed by atoms with E-state index in [4.69, 9.17) is 0 Å². The van der Waals surface area contributed by atoms with Crippen LogP contribution >= 0.6 is 0 Å². The molecule has 1 atom stereocenters. The summed E-state index contributed by atoms with van der Waals surface area (Å²) in [6.45, 7) is 4.54. The van der Waals surface area contributed by atoms with Gasteiger partial charge in [0.2, 0.25) is 0 Å². The van der Waals surface area contributed by atoms with Crippen LogP contribution in [0.2, 0.25) is 0 Å². The zero-order chi connectivity index (χ0) is 54.5. The number of nitrogens with zero attached hydrogens (tertiary/aromatic N) is 2. The zero-order valence-electron chi connectivity index (χ0n) is 46.0. The molecule has 3 aliphatic carbocycles. The molecule has 82 heavy (non-hydrogen) atoms. The SMILES string of the molecule is Cc1cccc(N(c2cccc(C3(c4ccccc4)c4ccccc4-c4ccccc43)c2)c2ccc3ccc4c(N(C5=CC(C)CC=C5)c5cccc(C6(c7ccccc7)c7ccccc7-c7ccccc76)c5)ccc5ccc2c3c54)c1. The lowest BCUT2D eigenvalue weighted by Gasteiger charge is -2.36. The fourth-order valence-electron chi connectivity index (χ4n) is 14.9. The van der Waals surface area contributed by atoms with Gasteiger partial charge in [0.25, 0.3) is 0 Å². The van der Waals surface area contributed by atoms with Gasteiger partial charge in [-0.2, -0.15) is 0 Å². The Morgan fingerprint density at radius 2 is 0.744 bits per heavy atom. The van der Waals surface area contributed by atoms with Crippen LogP contribution < -0.4 is 9.80 Å². The maximum Gasteiger partial charge on any atom is 0.0714 e. The van der Waals surface area contributed by atoms with Gasteiger partial charge in [-0.3, -0.25) is 0 Å². The fraction of sp³-hybridized carbons (Fsp3) is 0.0750. The first-order valence-electron chi connectivity index (χ1n) is 29.0. The molecule has 388 valence electrons. The van der Waals surface area contributed by atoms with E-state index >= 15 is 0 Å². The second-order valence-corrected chi connectivity index (χ2v) is 22.8. The Kier molecular flexibility index (Phi) is 11.0. The van der Waals surface area contributed by atoms with Gasteiger partial charge in [0.1, 0.15) is 0 Å². The van der Waals surface area contributed by atoms with E-state index in [1.54, 1.807) is 0 Å². The molecule has 3 aliphatic rings. The van der Waals surface area contributed by atoms with Crippen molar-refractivity contribution in [2.24, 2.45) is 5.92 Å². The molecule has 13 aromatic carbocycles. The molecule has 13 aromatic rings. The van der Waals surface area contributed by atoms with Gasteiger partial charge in [-0.05, 0) is 168 Å². The number of fused-ring (bicyclic) bond motifs is 6. The first-order valence-corrected chi connectivity index (χ1v) is 29.0. The van der Waals surface area contributed by atoms with Crippen molar-refractivity contribution in [2.75, 3.05) is 9.80 Å². The molecule has 16 rings (SSSR count). The van der Waals surface area contributed by atoms with Gasteiger partial charge in [-0.25, -0.2) is 0 Å². The van der Waals surface area contributed by atoms with E-state index in [0.29, 0.717) is 5.92 Å². The topological polar surface area (TPSA) is 6.48 Å². The fourth-order valence-corrected chi connectivity index (χ4v) is 14.9. The summed E-state index contributed by atoms with van der Waals surface area (Å²) in [5.74, 6) is 0.379. The molecule has 0 fully saturated rings. The molecule has 2 nitrogen and oxygen atoms in total. The maximum atomic E-state index is 2.54. The molecule has 0 amide bonds. The Morgan fingerprint density at radius 1 is 0.354 bits per heavy atom. The van der Waals surface area contributed by atoms with Crippen LogP contribution in [0.1, 0.15) is 63.4 Å². The summed E-state index contributed by atoms with van der Waals surface area (Å²) in [5.41, 5.74) is 22.3. The smallest absolute Gasteiger partial charge is 0.0714 e. The first-order chi connectivity index (χ1) is 40.5. The molecule has 0 bridgehead atoms. The minimum atomic E-state index is -0.540. The third-order valence-electron chi connectivity index (χ3n) is 18.3. The van der Waals surface area contributed by atoms with Gasteiger partial charge in [-0.1, -0.05) is 250 Å². The van der Waals surface area contributed by atoms with E-state index in [1.165, 1.54) is 110 Å². The Morgan fingerprint density at radius 3 is 1.21 bits per heavy atom. The lowest BCUT2D eigenvalue weighted by atomic mass is 9.67. The van der Waals surface area contributed by atoms with Crippen LogP contribution in [0.15, 0.2) is 303 Å². The molecular formula is C80H58N2. The Bertz CT molecular complexity index is 4630. The van der Waals surface area contributed by atoms with Crippen molar-refractivity contribution in [3.05, 3.63) is 353 Å². The number of hydrogen-bond acceptors (Lipinski definition) is 2. The lowest BCUT2D eigenvalue weighted by Crippen LogP contribution is -2.29. The molecule has 0 saturated heterocycles. The van der Waals surface area contributed by atoms with E-state index in [2.05, 4.69) is 321 Å². The molecule has 0 N–H and O–H groups in total. The molecule has 0 saturated carbocycles. The molecule has 1 unspecified atom stereocenters. The summed E-state index contributed by atoms with van der Waals surface area (Å²) in [4.78, 5) is 5.05. The maximum absolute atomic E-state index is 2.54. The first kappa shape index (κ1) is 47.9. The van der Waals surface area contributed by atoms with Gasteiger partial charge in [-0.15, -0.1) is 0 Å².